The van der Waals surface area contributed by atoms with Crippen LogP contribution in [0.2, 0.25) is 0 Å². The van der Waals surface area contributed by atoms with Gasteiger partial charge in [0.15, 0.2) is 0 Å². The van der Waals surface area contributed by atoms with Gasteiger partial charge in [0.05, 0.1) is 29.1 Å². The van der Waals surface area contributed by atoms with E-state index in [0.717, 1.165) is 10.0 Å². The third kappa shape index (κ3) is 3.11. The summed E-state index contributed by atoms with van der Waals surface area (Å²) in [7, 11) is 1.57. The summed E-state index contributed by atoms with van der Waals surface area (Å²) in [4.78, 5) is 0. The standard InChI is InChI=1S/C18H18BrN3O2/c1-18(2,3)16-11(8-20)15(12(9-21)17(22)24-16)10-5-6-14(23-4)13(19)7-10/h5-7,15H,22H2,1-4H3. The van der Waals surface area contributed by atoms with Crippen molar-refractivity contribution in [1.82, 2.24) is 0 Å². The number of benzene rings is 1. The molecule has 1 unspecified atom stereocenters. The molecular weight excluding hydrogens is 370 g/mol. The van der Waals surface area contributed by atoms with Gasteiger partial charge in [-0.25, -0.2) is 0 Å². The maximum absolute atomic E-state index is 9.73. The van der Waals surface area contributed by atoms with Crippen LogP contribution in [0.5, 0.6) is 5.75 Å². The van der Waals surface area contributed by atoms with Gasteiger partial charge in [0, 0.05) is 5.41 Å². The number of nitrogens with two attached hydrogens (primary N) is 1. The molecule has 6 heteroatoms. The highest BCUT2D eigenvalue weighted by Crippen LogP contribution is 2.45. The van der Waals surface area contributed by atoms with Gasteiger partial charge in [-0.1, -0.05) is 26.8 Å². The Kier molecular flexibility index (Phi) is 4.91. The second-order valence-corrected chi connectivity index (χ2v) is 7.28. The maximum Gasteiger partial charge on any atom is 0.205 e. The zero-order valence-corrected chi connectivity index (χ0v) is 15.6. The Labute approximate surface area is 150 Å². The molecule has 0 radical (unpaired) electrons. The molecule has 1 heterocycles. The molecular formula is C18H18BrN3O2. The first-order chi connectivity index (χ1) is 11.2. The predicted molar refractivity (Wildman–Crippen MR) is 93.4 cm³/mol. The largest absolute Gasteiger partial charge is 0.496 e. The van der Waals surface area contributed by atoms with Gasteiger partial charge in [-0.2, -0.15) is 10.5 Å². The monoisotopic (exact) mass is 387 g/mol. The third-order valence-corrected chi connectivity index (χ3v) is 4.35. The van der Waals surface area contributed by atoms with Gasteiger partial charge < -0.3 is 15.2 Å². The van der Waals surface area contributed by atoms with Crippen molar-refractivity contribution in [3.8, 4) is 17.9 Å². The highest BCUT2D eigenvalue weighted by atomic mass is 79.9. The number of nitriles is 2. The molecule has 0 bridgehead atoms. The Morgan fingerprint density at radius 1 is 1.21 bits per heavy atom. The summed E-state index contributed by atoms with van der Waals surface area (Å²) < 4.78 is 11.6. The normalized spacial score (nSPS) is 17.9. The summed E-state index contributed by atoms with van der Waals surface area (Å²) in [6.07, 6.45) is 0. The van der Waals surface area contributed by atoms with Crippen LogP contribution in [0.25, 0.3) is 0 Å². The number of halogens is 1. The minimum atomic E-state index is -0.565. The molecule has 0 fully saturated rings. The molecule has 1 atom stereocenters. The summed E-state index contributed by atoms with van der Waals surface area (Å²) in [5.74, 6) is 0.627. The fourth-order valence-corrected chi connectivity index (χ4v) is 3.18. The van der Waals surface area contributed by atoms with E-state index in [1.54, 1.807) is 13.2 Å². The first kappa shape index (κ1) is 17.9. The van der Waals surface area contributed by atoms with Crippen LogP contribution in [0.15, 0.2) is 45.5 Å². The summed E-state index contributed by atoms with van der Waals surface area (Å²) in [6, 6.07) is 9.73. The van der Waals surface area contributed by atoms with Crippen molar-refractivity contribution >= 4 is 15.9 Å². The molecule has 0 saturated heterocycles. The van der Waals surface area contributed by atoms with Gasteiger partial charge in [-0.3, -0.25) is 0 Å². The van der Waals surface area contributed by atoms with Gasteiger partial charge in [-0.05, 0) is 33.6 Å². The zero-order valence-electron chi connectivity index (χ0n) is 14.0. The predicted octanol–water partition coefficient (Wildman–Crippen LogP) is 4.09. The van der Waals surface area contributed by atoms with E-state index in [2.05, 4.69) is 28.1 Å². The first-order valence-corrected chi connectivity index (χ1v) is 8.09. The average molecular weight is 388 g/mol. The van der Waals surface area contributed by atoms with Crippen LogP contribution in [0.3, 0.4) is 0 Å². The zero-order chi connectivity index (χ0) is 18.1. The fraction of sp³-hybridized carbons (Fsp3) is 0.333. The van der Waals surface area contributed by atoms with E-state index in [9.17, 15) is 10.5 Å². The van der Waals surface area contributed by atoms with Gasteiger partial charge in [0.25, 0.3) is 0 Å². The van der Waals surface area contributed by atoms with Gasteiger partial charge >= 0.3 is 0 Å². The van der Waals surface area contributed by atoms with Crippen molar-refractivity contribution in [3.05, 3.63) is 51.0 Å². The van der Waals surface area contributed by atoms with E-state index < -0.39 is 11.3 Å². The molecule has 1 aromatic carbocycles. The van der Waals surface area contributed by atoms with Crippen molar-refractivity contribution in [1.29, 1.82) is 10.5 Å². The number of hydrogen-bond donors (Lipinski definition) is 1. The fourth-order valence-electron chi connectivity index (χ4n) is 2.63. The molecule has 24 heavy (non-hydrogen) atoms. The highest BCUT2D eigenvalue weighted by Gasteiger charge is 2.37. The lowest BCUT2D eigenvalue weighted by Gasteiger charge is -2.32. The van der Waals surface area contributed by atoms with Crippen LogP contribution in [0.4, 0.5) is 0 Å². The van der Waals surface area contributed by atoms with E-state index in [-0.39, 0.29) is 11.5 Å². The average Bonchev–Trinajstić information content (AvgIpc) is 2.52. The van der Waals surface area contributed by atoms with Crippen molar-refractivity contribution < 1.29 is 9.47 Å². The van der Waals surface area contributed by atoms with E-state index in [1.165, 1.54) is 0 Å². The minimum absolute atomic E-state index is 0.0402. The molecule has 124 valence electrons. The van der Waals surface area contributed by atoms with E-state index in [1.807, 2.05) is 32.9 Å². The SMILES string of the molecule is COc1ccc(C2C(C#N)=C(N)OC(C(C)(C)C)=C2C#N)cc1Br. The first-order valence-electron chi connectivity index (χ1n) is 7.30. The smallest absolute Gasteiger partial charge is 0.205 e. The number of rotatable bonds is 2. The van der Waals surface area contributed by atoms with Crippen molar-refractivity contribution in [2.24, 2.45) is 11.1 Å². The molecule has 1 aromatic rings. The molecule has 0 saturated carbocycles. The van der Waals surface area contributed by atoms with Crippen LogP contribution in [-0.4, -0.2) is 7.11 Å². The quantitative estimate of drug-likeness (QED) is 0.824. The topological polar surface area (TPSA) is 92.1 Å². The molecule has 5 nitrogen and oxygen atoms in total. The lowest BCUT2D eigenvalue weighted by Crippen LogP contribution is -2.26. The highest BCUT2D eigenvalue weighted by molar-refractivity contribution is 9.10. The van der Waals surface area contributed by atoms with Crippen LogP contribution in [0.1, 0.15) is 32.3 Å². The van der Waals surface area contributed by atoms with Gasteiger partial charge in [-0.15, -0.1) is 0 Å². The van der Waals surface area contributed by atoms with Crippen LogP contribution < -0.4 is 10.5 Å². The Balaban J connectivity index is 2.72. The van der Waals surface area contributed by atoms with E-state index >= 15 is 0 Å². The number of ether oxygens (including phenoxy) is 2. The Hall–Kier alpha value is -2.44. The van der Waals surface area contributed by atoms with E-state index in [0.29, 0.717) is 17.1 Å². The molecule has 0 aromatic heterocycles. The Morgan fingerprint density at radius 2 is 1.83 bits per heavy atom. The molecule has 0 spiro atoms. The Morgan fingerprint density at radius 3 is 2.29 bits per heavy atom. The molecule has 1 aliphatic rings. The molecule has 1 aliphatic heterocycles. The number of methoxy groups -OCH3 is 1. The van der Waals surface area contributed by atoms with E-state index in [4.69, 9.17) is 15.2 Å². The Bertz CT molecular complexity index is 820. The summed E-state index contributed by atoms with van der Waals surface area (Å²) >= 11 is 3.44. The lowest BCUT2D eigenvalue weighted by atomic mass is 9.79. The van der Waals surface area contributed by atoms with Crippen molar-refractivity contribution in [3.63, 3.8) is 0 Å². The van der Waals surface area contributed by atoms with Gasteiger partial charge in [0.1, 0.15) is 23.2 Å². The number of allylic oxidation sites excluding steroid dienone is 3. The second-order valence-electron chi connectivity index (χ2n) is 6.42. The number of hydrogen-bond acceptors (Lipinski definition) is 5. The summed E-state index contributed by atoms with van der Waals surface area (Å²) in [5.41, 5.74) is 6.95. The van der Waals surface area contributed by atoms with Crippen molar-refractivity contribution in [2.75, 3.05) is 7.11 Å². The minimum Gasteiger partial charge on any atom is -0.496 e. The van der Waals surface area contributed by atoms with Crippen LogP contribution >= 0.6 is 15.9 Å². The molecule has 2 N–H and O–H groups in total. The summed E-state index contributed by atoms with van der Waals surface area (Å²) in [5, 5.41) is 19.3. The van der Waals surface area contributed by atoms with Crippen LogP contribution in [0, 0.1) is 28.1 Å². The second kappa shape index (κ2) is 6.59. The maximum atomic E-state index is 9.73. The molecule has 0 amide bonds. The lowest BCUT2D eigenvalue weighted by molar-refractivity contribution is 0.199. The number of nitrogens with zero attached hydrogens (tertiary/aromatic N) is 2. The third-order valence-electron chi connectivity index (χ3n) is 3.73. The summed E-state index contributed by atoms with van der Waals surface area (Å²) in [6.45, 7) is 5.81. The van der Waals surface area contributed by atoms with Crippen LogP contribution in [-0.2, 0) is 4.74 Å². The van der Waals surface area contributed by atoms with Crippen molar-refractivity contribution in [2.45, 2.75) is 26.7 Å². The molecule has 0 aliphatic carbocycles. The molecule has 2 rings (SSSR count). The van der Waals surface area contributed by atoms with Gasteiger partial charge in [0.2, 0.25) is 5.88 Å².